The second-order valence-electron chi connectivity index (χ2n) is 6.88. The molecule has 2 aromatic carbocycles. The number of nitrogens with zero attached hydrogens (tertiary/aromatic N) is 4. The molecule has 0 bridgehead atoms. The Balaban J connectivity index is 1.73. The Morgan fingerprint density at radius 3 is 2.70 bits per heavy atom. The molecule has 0 radical (unpaired) electrons. The molecule has 0 aliphatic carbocycles. The van der Waals surface area contributed by atoms with Gasteiger partial charge in [0.15, 0.2) is 17.4 Å². The fraction of sp³-hybridized carbons (Fsp3) is 0.143. The predicted molar refractivity (Wildman–Crippen MR) is 112 cm³/mol. The van der Waals surface area contributed by atoms with Gasteiger partial charge >= 0.3 is 0 Å². The molecule has 3 N–H and O–H groups in total. The molecule has 0 spiro atoms. The van der Waals surface area contributed by atoms with Gasteiger partial charge < -0.3 is 20.4 Å². The average Bonchev–Trinajstić information content (AvgIpc) is 3.16. The van der Waals surface area contributed by atoms with Crippen molar-refractivity contribution in [2.75, 3.05) is 24.3 Å². The molecule has 0 atom stereocenters. The number of carbonyl (C=O) groups excluding carboxylic acids is 1. The number of rotatable bonds is 6. The van der Waals surface area contributed by atoms with Crippen LogP contribution in [0.2, 0.25) is 0 Å². The zero-order chi connectivity index (χ0) is 21.3. The van der Waals surface area contributed by atoms with Crippen LogP contribution in [-0.2, 0) is 6.54 Å². The molecule has 4 rings (SSSR count). The van der Waals surface area contributed by atoms with Crippen LogP contribution in [0.5, 0.6) is 0 Å². The van der Waals surface area contributed by atoms with Crippen LogP contribution < -0.4 is 16.0 Å². The Morgan fingerprint density at radius 2 is 1.97 bits per heavy atom. The number of anilines is 2. The minimum Gasteiger partial charge on any atom is -0.460 e. The van der Waals surface area contributed by atoms with Gasteiger partial charge in [-0.25, -0.2) is 9.37 Å². The zero-order valence-corrected chi connectivity index (χ0v) is 16.4. The van der Waals surface area contributed by atoms with Crippen molar-refractivity contribution in [1.29, 1.82) is 0 Å². The van der Waals surface area contributed by atoms with Crippen LogP contribution in [0.4, 0.5) is 16.0 Å². The van der Waals surface area contributed by atoms with E-state index in [0.29, 0.717) is 40.3 Å². The Bertz CT molecular complexity index is 1240. The van der Waals surface area contributed by atoms with E-state index in [2.05, 4.69) is 20.5 Å². The van der Waals surface area contributed by atoms with Crippen molar-refractivity contribution in [2.24, 2.45) is 5.73 Å². The first-order valence-electron chi connectivity index (χ1n) is 9.15. The number of hydrogen-bond acceptors (Lipinski definition) is 7. The van der Waals surface area contributed by atoms with Crippen molar-refractivity contribution in [3.63, 3.8) is 0 Å². The average molecular weight is 406 g/mol. The molecule has 0 aliphatic rings. The van der Waals surface area contributed by atoms with Gasteiger partial charge in [-0.2, -0.15) is 0 Å². The number of halogens is 1. The largest absolute Gasteiger partial charge is 0.460 e. The van der Waals surface area contributed by atoms with Crippen LogP contribution in [0.3, 0.4) is 0 Å². The summed E-state index contributed by atoms with van der Waals surface area (Å²) in [6, 6.07) is 11.4. The van der Waals surface area contributed by atoms with Crippen LogP contribution in [0.1, 0.15) is 15.9 Å². The summed E-state index contributed by atoms with van der Waals surface area (Å²) >= 11 is 0. The Labute approximate surface area is 171 Å². The summed E-state index contributed by atoms with van der Waals surface area (Å²) in [4.78, 5) is 18.0. The van der Waals surface area contributed by atoms with Crippen molar-refractivity contribution in [3.8, 4) is 11.6 Å². The van der Waals surface area contributed by atoms with Gasteiger partial charge in [0.25, 0.3) is 0 Å². The van der Waals surface area contributed by atoms with Crippen molar-refractivity contribution in [2.45, 2.75) is 6.54 Å². The van der Waals surface area contributed by atoms with Gasteiger partial charge in [-0.15, -0.1) is 10.2 Å². The monoisotopic (exact) mass is 406 g/mol. The quantitative estimate of drug-likeness (QED) is 0.506. The van der Waals surface area contributed by atoms with Crippen LogP contribution in [-0.4, -0.2) is 35.2 Å². The molecule has 1 amide bonds. The lowest BCUT2D eigenvalue weighted by molar-refractivity contribution is 0.100. The van der Waals surface area contributed by atoms with Gasteiger partial charge in [0.2, 0.25) is 11.7 Å². The highest BCUT2D eigenvalue weighted by Gasteiger charge is 2.19. The first-order chi connectivity index (χ1) is 14.4. The normalized spacial score (nSPS) is 10.9. The summed E-state index contributed by atoms with van der Waals surface area (Å²) in [7, 11) is 3.64. The highest BCUT2D eigenvalue weighted by molar-refractivity contribution is 6.08. The van der Waals surface area contributed by atoms with E-state index in [-0.39, 0.29) is 11.6 Å². The number of carbonyl (C=O) groups is 1. The summed E-state index contributed by atoms with van der Waals surface area (Å²) in [5, 5.41) is 12.9. The summed E-state index contributed by atoms with van der Waals surface area (Å²) in [6.45, 7) is 0.349. The number of benzene rings is 2. The van der Waals surface area contributed by atoms with Crippen LogP contribution >= 0.6 is 0 Å². The smallest absolute Gasteiger partial charge is 0.249 e. The molecule has 0 unspecified atom stereocenters. The first kappa shape index (κ1) is 19.3. The molecule has 0 aliphatic heterocycles. The third kappa shape index (κ3) is 3.64. The van der Waals surface area contributed by atoms with Gasteiger partial charge in [-0.3, -0.25) is 4.79 Å². The number of furan rings is 1. The number of nitrogens with one attached hydrogen (secondary N) is 1. The lowest BCUT2D eigenvalue weighted by Gasteiger charge is -2.16. The van der Waals surface area contributed by atoms with Gasteiger partial charge in [0, 0.05) is 31.4 Å². The van der Waals surface area contributed by atoms with Crippen LogP contribution in [0.15, 0.2) is 53.1 Å². The first-order valence-corrected chi connectivity index (χ1v) is 9.15. The van der Waals surface area contributed by atoms with Gasteiger partial charge in [-0.05, 0) is 23.8 Å². The highest BCUT2D eigenvalue weighted by Crippen LogP contribution is 2.32. The summed E-state index contributed by atoms with van der Waals surface area (Å²) in [5.74, 6) is 0.746. The van der Waals surface area contributed by atoms with E-state index >= 15 is 0 Å². The Hall–Kier alpha value is -4.01. The molecular formula is C21H19FN6O2. The van der Waals surface area contributed by atoms with Crippen molar-refractivity contribution < 1.29 is 13.6 Å². The Morgan fingerprint density at radius 1 is 1.17 bits per heavy atom. The summed E-state index contributed by atoms with van der Waals surface area (Å²) in [5.41, 5.74) is 6.55. The van der Waals surface area contributed by atoms with Crippen LogP contribution in [0.25, 0.3) is 22.4 Å². The number of primary amides is 1. The molecule has 9 heteroatoms. The second kappa shape index (κ2) is 7.78. The number of fused-ring (bicyclic) bond motifs is 1. The highest BCUT2D eigenvalue weighted by atomic mass is 19.1. The van der Waals surface area contributed by atoms with E-state index in [4.69, 9.17) is 10.2 Å². The molecule has 152 valence electrons. The number of hydrogen-bond donors (Lipinski definition) is 2. The van der Waals surface area contributed by atoms with Crippen molar-refractivity contribution >= 4 is 28.3 Å². The van der Waals surface area contributed by atoms with E-state index in [1.165, 1.54) is 18.4 Å². The predicted octanol–water partition coefficient (Wildman–Crippen LogP) is 3.20. The summed E-state index contributed by atoms with van der Waals surface area (Å²) in [6.07, 6.45) is 1.45. The lowest BCUT2D eigenvalue weighted by Crippen LogP contribution is -2.16. The molecule has 8 nitrogen and oxygen atoms in total. The van der Waals surface area contributed by atoms with E-state index in [1.807, 2.05) is 20.2 Å². The topological polar surface area (TPSA) is 110 Å². The molecule has 0 saturated heterocycles. The molecule has 2 aromatic heterocycles. The summed E-state index contributed by atoms with van der Waals surface area (Å²) < 4.78 is 19.1. The minimum atomic E-state index is -0.549. The van der Waals surface area contributed by atoms with E-state index in [1.54, 1.807) is 29.2 Å². The standard InChI is InChI=1S/C21H19FN6O2/c1-28(2)21-20(24-10-12-5-3-6-13(22)9-12)25-19(26-27-21)17-14-7-4-8-15(18(23)29)16(14)11-30-17/h3-9,11H,10H2,1-2H3,(H2,23,29)(H,24,25,26). The fourth-order valence-corrected chi connectivity index (χ4v) is 3.13. The fourth-order valence-electron chi connectivity index (χ4n) is 3.13. The van der Waals surface area contributed by atoms with Gasteiger partial charge in [0.1, 0.15) is 12.1 Å². The van der Waals surface area contributed by atoms with E-state index < -0.39 is 5.91 Å². The van der Waals surface area contributed by atoms with Crippen molar-refractivity contribution in [3.05, 3.63) is 65.7 Å². The number of aromatic nitrogens is 3. The maximum Gasteiger partial charge on any atom is 0.249 e. The van der Waals surface area contributed by atoms with Gasteiger partial charge in [-0.1, -0.05) is 24.3 Å². The minimum absolute atomic E-state index is 0.249. The van der Waals surface area contributed by atoms with E-state index in [0.717, 1.165) is 5.56 Å². The maximum absolute atomic E-state index is 13.5. The Kier molecular flexibility index (Phi) is 5.01. The van der Waals surface area contributed by atoms with E-state index in [9.17, 15) is 9.18 Å². The second-order valence-corrected chi connectivity index (χ2v) is 6.88. The lowest BCUT2D eigenvalue weighted by atomic mass is 10.1. The van der Waals surface area contributed by atoms with Crippen molar-refractivity contribution in [1.82, 2.24) is 15.2 Å². The molecule has 30 heavy (non-hydrogen) atoms. The van der Waals surface area contributed by atoms with Crippen LogP contribution in [0, 0.1) is 5.82 Å². The molecule has 0 saturated carbocycles. The molecule has 2 heterocycles. The third-order valence-electron chi connectivity index (χ3n) is 4.56. The zero-order valence-electron chi connectivity index (χ0n) is 16.4. The third-order valence-corrected chi connectivity index (χ3v) is 4.56. The number of nitrogens with two attached hydrogens (primary N) is 1. The maximum atomic E-state index is 13.5. The molecule has 4 aromatic rings. The molecular weight excluding hydrogens is 387 g/mol. The molecule has 0 fully saturated rings. The SMILES string of the molecule is CN(C)c1nnc(-c2occ3c(C(N)=O)cccc23)nc1NCc1cccc(F)c1. The van der Waals surface area contributed by atoms with Gasteiger partial charge in [0.05, 0.1) is 5.56 Å². The number of amides is 1.